The summed E-state index contributed by atoms with van der Waals surface area (Å²) in [6.45, 7) is 1.36. The van der Waals surface area contributed by atoms with E-state index >= 15 is 0 Å². The molecule has 7 heteroatoms. The third kappa shape index (κ3) is 3.84. The molecule has 1 saturated carbocycles. The molecule has 1 aliphatic carbocycles. The fraction of sp³-hybridized carbons (Fsp3) is 0.529. The standard InChI is InChI=1S/C17H23N3O3S/c21-17-16-8-4-1-5-14(16)13-19-20(17)11-9-18-10-12-24(22,23)15-6-2-3-7-15/h1,4-5,8,13,15,18H,2-3,6-7,9-12H2. The van der Waals surface area contributed by atoms with Gasteiger partial charge in [-0.25, -0.2) is 13.1 Å². The lowest BCUT2D eigenvalue weighted by Crippen LogP contribution is -2.33. The summed E-state index contributed by atoms with van der Waals surface area (Å²) in [6, 6.07) is 7.36. The highest BCUT2D eigenvalue weighted by molar-refractivity contribution is 7.92. The lowest BCUT2D eigenvalue weighted by Gasteiger charge is -2.11. The van der Waals surface area contributed by atoms with Crippen LogP contribution < -0.4 is 10.9 Å². The molecule has 0 radical (unpaired) electrons. The number of benzene rings is 1. The van der Waals surface area contributed by atoms with Gasteiger partial charge in [-0.1, -0.05) is 31.0 Å². The first-order chi connectivity index (χ1) is 11.6. The highest BCUT2D eigenvalue weighted by atomic mass is 32.2. The van der Waals surface area contributed by atoms with Crippen molar-refractivity contribution in [3.05, 3.63) is 40.8 Å². The smallest absolute Gasteiger partial charge is 0.274 e. The third-order valence-electron chi connectivity index (χ3n) is 4.64. The van der Waals surface area contributed by atoms with Crippen LogP contribution in [0.1, 0.15) is 25.7 Å². The van der Waals surface area contributed by atoms with Crippen molar-refractivity contribution in [2.75, 3.05) is 18.8 Å². The number of nitrogens with zero attached hydrogens (tertiary/aromatic N) is 2. The maximum absolute atomic E-state index is 12.3. The largest absolute Gasteiger partial charge is 0.314 e. The van der Waals surface area contributed by atoms with Gasteiger partial charge in [0.05, 0.1) is 29.1 Å². The van der Waals surface area contributed by atoms with E-state index in [0.717, 1.165) is 31.1 Å². The number of aromatic nitrogens is 2. The topological polar surface area (TPSA) is 81.1 Å². The Morgan fingerprint density at radius 2 is 1.92 bits per heavy atom. The lowest BCUT2D eigenvalue weighted by atomic mass is 10.2. The average molecular weight is 349 g/mol. The van der Waals surface area contributed by atoms with Crippen LogP contribution in [0.4, 0.5) is 0 Å². The Hall–Kier alpha value is -1.73. The highest BCUT2D eigenvalue weighted by Crippen LogP contribution is 2.24. The number of hydrogen-bond donors (Lipinski definition) is 1. The summed E-state index contributed by atoms with van der Waals surface area (Å²) >= 11 is 0. The van der Waals surface area contributed by atoms with Crippen molar-refractivity contribution >= 4 is 20.6 Å². The molecule has 2 aromatic rings. The fourth-order valence-corrected chi connectivity index (χ4v) is 5.04. The first kappa shape index (κ1) is 17.1. The van der Waals surface area contributed by atoms with Crippen molar-refractivity contribution in [3.8, 4) is 0 Å². The Bertz CT molecular complexity index is 855. The summed E-state index contributed by atoms with van der Waals surface area (Å²) in [5, 5.41) is 8.60. The van der Waals surface area contributed by atoms with E-state index in [2.05, 4.69) is 10.4 Å². The van der Waals surface area contributed by atoms with Crippen molar-refractivity contribution in [2.45, 2.75) is 37.5 Å². The van der Waals surface area contributed by atoms with Crippen molar-refractivity contribution in [2.24, 2.45) is 0 Å². The van der Waals surface area contributed by atoms with E-state index in [4.69, 9.17) is 0 Å². The molecule has 1 N–H and O–H groups in total. The van der Waals surface area contributed by atoms with Gasteiger partial charge in [0.1, 0.15) is 0 Å². The molecule has 130 valence electrons. The van der Waals surface area contributed by atoms with Gasteiger partial charge in [-0.05, 0) is 18.9 Å². The molecule has 1 aromatic heterocycles. The average Bonchev–Trinajstić information content (AvgIpc) is 3.12. The molecule has 6 nitrogen and oxygen atoms in total. The molecule has 0 bridgehead atoms. The Morgan fingerprint density at radius 1 is 1.17 bits per heavy atom. The number of hydrogen-bond acceptors (Lipinski definition) is 5. The summed E-state index contributed by atoms with van der Waals surface area (Å²) in [6.07, 6.45) is 5.33. The third-order valence-corrected chi connectivity index (χ3v) is 6.90. The molecule has 0 spiro atoms. The van der Waals surface area contributed by atoms with Crippen molar-refractivity contribution in [1.82, 2.24) is 15.1 Å². The molecular weight excluding hydrogens is 326 g/mol. The zero-order chi connectivity index (χ0) is 17.0. The van der Waals surface area contributed by atoms with E-state index in [-0.39, 0.29) is 16.6 Å². The van der Waals surface area contributed by atoms with Crippen LogP contribution in [-0.4, -0.2) is 42.3 Å². The Labute approximate surface area is 141 Å². The van der Waals surface area contributed by atoms with Crippen LogP contribution in [0.3, 0.4) is 0 Å². The van der Waals surface area contributed by atoms with Crippen molar-refractivity contribution in [1.29, 1.82) is 0 Å². The molecule has 24 heavy (non-hydrogen) atoms. The number of fused-ring (bicyclic) bond motifs is 1. The van der Waals surface area contributed by atoms with Crippen LogP contribution in [0.15, 0.2) is 35.3 Å². The maximum Gasteiger partial charge on any atom is 0.274 e. The normalized spacial score (nSPS) is 16.0. The molecule has 1 aromatic carbocycles. The molecular formula is C17H23N3O3S. The summed E-state index contributed by atoms with van der Waals surface area (Å²) in [5.41, 5.74) is -0.117. The predicted octanol–water partition coefficient (Wildman–Crippen LogP) is 1.34. The molecule has 3 rings (SSSR count). The van der Waals surface area contributed by atoms with Crippen molar-refractivity contribution in [3.63, 3.8) is 0 Å². The molecule has 0 atom stereocenters. The summed E-state index contributed by atoms with van der Waals surface area (Å²) < 4.78 is 25.7. The Balaban J connectivity index is 1.50. The van der Waals surface area contributed by atoms with Crippen LogP contribution in [0.2, 0.25) is 0 Å². The molecule has 1 fully saturated rings. The van der Waals surface area contributed by atoms with E-state index in [9.17, 15) is 13.2 Å². The van der Waals surface area contributed by atoms with Gasteiger partial charge < -0.3 is 5.32 Å². The van der Waals surface area contributed by atoms with Crippen LogP contribution in [-0.2, 0) is 16.4 Å². The van der Waals surface area contributed by atoms with Gasteiger partial charge >= 0.3 is 0 Å². The van der Waals surface area contributed by atoms with Crippen LogP contribution in [0, 0.1) is 0 Å². The van der Waals surface area contributed by atoms with E-state index in [1.165, 1.54) is 4.68 Å². The lowest BCUT2D eigenvalue weighted by molar-refractivity contribution is 0.539. The van der Waals surface area contributed by atoms with Gasteiger partial charge in [-0.15, -0.1) is 0 Å². The summed E-state index contributed by atoms with van der Waals surface area (Å²) in [4.78, 5) is 12.3. The van der Waals surface area contributed by atoms with Gasteiger partial charge in [0.25, 0.3) is 5.56 Å². The molecule has 1 aliphatic rings. The van der Waals surface area contributed by atoms with E-state index in [1.54, 1.807) is 12.3 Å². The molecule has 1 heterocycles. The Kier molecular flexibility index (Phi) is 5.30. The minimum absolute atomic E-state index is 0.117. The van der Waals surface area contributed by atoms with Gasteiger partial charge in [-0.2, -0.15) is 5.10 Å². The number of nitrogens with one attached hydrogen (secondary N) is 1. The van der Waals surface area contributed by atoms with Gasteiger partial charge in [0.15, 0.2) is 9.84 Å². The zero-order valence-corrected chi connectivity index (χ0v) is 14.5. The SMILES string of the molecule is O=c1c2ccccc2cnn1CCNCCS(=O)(=O)C1CCCC1. The van der Waals surface area contributed by atoms with Crippen molar-refractivity contribution < 1.29 is 8.42 Å². The van der Waals surface area contributed by atoms with E-state index < -0.39 is 9.84 Å². The van der Waals surface area contributed by atoms with Crippen LogP contribution in [0.25, 0.3) is 10.8 Å². The second-order valence-corrected chi connectivity index (χ2v) is 8.68. The zero-order valence-electron chi connectivity index (χ0n) is 13.6. The minimum Gasteiger partial charge on any atom is -0.314 e. The van der Waals surface area contributed by atoms with Crippen LogP contribution in [0.5, 0.6) is 0 Å². The highest BCUT2D eigenvalue weighted by Gasteiger charge is 2.27. The monoisotopic (exact) mass is 349 g/mol. The summed E-state index contributed by atoms with van der Waals surface area (Å²) in [7, 11) is -2.99. The van der Waals surface area contributed by atoms with E-state index in [0.29, 0.717) is 25.0 Å². The van der Waals surface area contributed by atoms with Gasteiger partial charge in [0.2, 0.25) is 0 Å². The first-order valence-electron chi connectivity index (χ1n) is 8.45. The Morgan fingerprint density at radius 3 is 2.71 bits per heavy atom. The second-order valence-electron chi connectivity index (χ2n) is 6.28. The van der Waals surface area contributed by atoms with Gasteiger partial charge in [-0.3, -0.25) is 4.79 Å². The quantitative estimate of drug-likeness (QED) is 0.763. The molecule has 0 amide bonds. The first-order valence-corrected chi connectivity index (χ1v) is 10.2. The van der Waals surface area contributed by atoms with Gasteiger partial charge in [0, 0.05) is 18.5 Å². The molecule has 0 saturated heterocycles. The fourth-order valence-electron chi connectivity index (χ4n) is 3.23. The molecule has 0 aliphatic heterocycles. The maximum atomic E-state index is 12.3. The summed E-state index contributed by atoms with van der Waals surface area (Å²) in [5.74, 6) is 0.164. The van der Waals surface area contributed by atoms with E-state index in [1.807, 2.05) is 18.2 Å². The second kappa shape index (κ2) is 7.44. The minimum atomic E-state index is -2.99. The van der Waals surface area contributed by atoms with Crippen LogP contribution >= 0.6 is 0 Å². The molecule has 0 unspecified atom stereocenters. The number of sulfone groups is 1. The number of rotatable bonds is 7. The predicted molar refractivity (Wildman–Crippen MR) is 94.9 cm³/mol.